The maximum absolute atomic E-state index is 12.3. The minimum absolute atomic E-state index is 0.115. The number of rotatable bonds is 4. The molecule has 3 rings (SSSR count). The van der Waals surface area contributed by atoms with Crippen molar-refractivity contribution in [2.75, 3.05) is 32.8 Å². The summed E-state index contributed by atoms with van der Waals surface area (Å²) in [5, 5.41) is 3.84. The van der Waals surface area contributed by atoms with Crippen LogP contribution in [-0.4, -0.2) is 55.8 Å². The lowest BCUT2D eigenvalue weighted by Crippen LogP contribution is -2.53. The fraction of sp³-hybridized carbons (Fsp3) is 0.533. The molecular weight excluding hydrogens is 292 g/mol. The molecule has 1 aromatic carbocycles. The predicted molar refractivity (Wildman–Crippen MR) is 79.7 cm³/mol. The van der Waals surface area contributed by atoms with Crippen molar-refractivity contribution in [2.24, 2.45) is 0 Å². The number of ether oxygens (including phenoxy) is 2. The standard InChI is InChI=1S/C15H19ClN2O3/c16-11-3-1-2-4-13(11)20-7-5-15(19)18-6-8-21-14-10-17-9-12(14)18/h1-4,12,14,17H,5-10H2/t12-,14+/m1/s1. The van der Waals surface area contributed by atoms with Gasteiger partial charge in [-0.25, -0.2) is 0 Å². The van der Waals surface area contributed by atoms with Gasteiger partial charge in [-0.1, -0.05) is 23.7 Å². The maximum Gasteiger partial charge on any atom is 0.226 e. The Balaban J connectivity index is 1.51. The van der Waals surface area contributed by atoms with E-state index in [-0.39, 0.29) is 18.1 Å². The van der Waals surface area contributed by atoms with Crippen LogP contribution in [0.1, 0.15) is 6.42 Å². The topological polar surface area (TPSA) is 50.8 Å². The molecular formula is C15H19ClN2O3. The largest absolute Gasteiger partial charge is 0.491 e. The van der Waals surface area contributed by atoms with Crippen LogP contribution in [0.5, 0.6) is 5.75 Å². The van der Waals surface area contributed by atoms with Crippen LogP contribution < -0.4 is 10.1 Å². The Bertz CT molecular complexity index is 511. The molecule has 2 aliphatic heterocycles. The lowest BCUT2D eigenvalue weighted by Gasteiger charge is -2.37. The summed E-state index contributed by atoms with van der Waals surface area (Å²) < 4.78 is 11.2. The molecule has 0 saturated carbocycles. The van der Waals surface area contributed by atoms with Crippen molar-refractivity contribution in [1.29, 1.82) is 0 Å². The molecule has 0 aromatic heterocycles. The number of hydrogen-bond donors (Lipinski definition) is 1. The van der Waals surface area contributed by atoms with Crippen LogP contribution in [0.25, 0.3) is 0 Å². The molecule has 0 spiro atoms. The summed E-state index contributed by atoms with van der Waals surface area (Å²) in [6, 6.07) is 7.45. The van der Waals surface area contributed by atoms with Gasteiger partial charge in [-0.15, -0.1) is 0 Å². The highest BCUT2D eigenvalue weighted by Crippen LogP contribution is 2.23. The molecule has 1 amide bonds. The van der Waals surface area contributed by atoms with Gasteiger partial charge >= 0.3 is 0 Å². The van der Waals surface area contributed by atoms with Crippen molar-refractivity contribution < 1.29 is 14.3 Å². The molecule has 2 heterocycles. The molecule has 21 heavy (non-hydrogen) atoms. The minimum atomic E-state index is 0.115. The second-order valence-electron chi connectivity index (χ2n) is 5.25. The van der Waals surface area contributed by atoms with Crippen LogP contribution in [0.15, 0.2) is 24.3 Å². The Morgan fingerprint density at radius 2 is 2.29 bits per heavy atom. The smallest absolute Gasteiger partial charge is 0.226 e. The number of benzene rings is 1. The van der Waals surface area contributed by atoms with Gasteiger partial charge in [0.05, 0.1) is 36.8 Å². The van der Waals surface area contributed by atoms with E-state index in [4.69, 9.17) is 21.1 Å². The van der Waals surface area contributed by atoms with E-state index in [1.54, 1.807) is 12.1 Å². The van der Waals surface area contributed by atoms with Gasteiger partial charge < -0.3 is 19.7 Å². The first-order chi connectivity index (χ1) is 10.3. The summed E-state index contributed by atoms with van der Waals surface area (Å²) in [7, 11) is 0. The zero-order chi connectivity index (χ0) is 14.7. The molecule has 0 unspecified atom stereocenters. The van der Waals surface area contributed by atoms with Gasteiger partial charge in [0.25, 0.3) is 0 Å². The lowest BCUT2D eigenvalue weighted by atomic mass is 10.1. The van der Waals surface area contributed by atoms with Crippen molar-refractivity contribution in [2.45, 2.75) is 18.6 Å². The number of amides is 1. The van der Waals surface area contributed by atoms with Crippen molar-refractivity contribution in [3.05, 3.63) is 29.3 Å². The van der Waals surface area contributed by atoms with Gasteiger partial charge in [-0.2, -0.15) is 0 Å². The van der Waals surface area contributed by atoms with Crippen molar-refractivity contribution in [1.82, 2.24) is 10.2 Å². The van der Waals surface area contributed by atoms with E-state index in [9.17, 15) is 4.79 Å². The van der Waals surface area contributed by atoms with Crippen LogP contribution in [0.2, 0.25) is 5.02 Å². The minimum Gasteiger partial charge on any atom is -0.491 e. The fourth-order valence-electron chi connectivity index (χ4n) is 2.85. The molecule has 2 saturated heterocycles. The molecule has 2 fully saturated rings. The predicted octanol–water partition coefficient (Wildman–Crippen LogP) is 1.31. The van der Waals surface area contributed by atoms with Crippen LogP contribution in [0.3, 0.4) is 0 Å². The van der Waals surface area contributed by atoms with Crippen LogP contribution >= 0.6 is 11.6 Å². The Hall–Kier alpha value is -1.30. The van der Waals surface area contributed by atoms with Crippen molar-refractivity contribution in [3.63, 3.8) is 0 Å². The third-order valence-corrected chi connectivity index (χ3v) is 4.24. The van der Waals surface area contributed by atoms with Crippen LogP contribution in [0, 0.1) is 0 Å². The summed E-state index contributed by atoms with van der Waals surface area (Å²) >= 11 is 6.02. The average molecular weight is 311 g/mol. The Kier molecular flexibility index (Phi) is 4.63. The number of halogens is 1. The molecule has 1 aromatic rings. The average Bonchev–Trinajstić information content (AvgIpc) is 2.97. The molecule has 2 aliphatic rings. The monoisotopic (exact) mass is 310 g/mol. The number of hydrogen-bond acceptors (Lipinski definition) is 4. The normalized spacial score (nSPS) is 24.7. The highest BCUT2D eigenvalue weighted by molar-refractivity contribution is 6.32. The zero-order valence-electron chi connectivity index (χ0n) is 11.8. The zero-order valence-corrected chi connectivity index (χ0v) is 12.5. The SMILES string of the molecule is O=C(CCOc1ccccc1Cl)N1CCO[C@H]2CNC[C@H]21. The molecule has 114 valence electrons. The molecule has 2 atom stereocenters. The first kappa shape index (κ1) is 14.6. The number of nitrogens with one attached hydrogen (secondary N) is 1. The number of para-hydroxylation sites is 1. The Morgan fingerprint density at radius 3 is 3.14 bits per heavy atom. The second-order valence-corrected chi connectivity index (χ2v) is 5.66. The summed E-state index contributed by atoms with van der Waals surface area (Å²) in [6.07, 6.45) is 0.487. The van der Waals surface area contributed by atoms with Gasteiger partial charge in [0.15, 0.2) is 0 Å². The number of carbonyl (C=O) groups is 1. The van der Waals surface area contributed by atoms with E-state index < -0.39 is 0 Å². The third kappa shape index (κ3) is 3.31. The van der Waals surface area contributed by atoms with Crippen LogP contribution in [0.4, 0.5) is 0 Å². The number of morpholine rings is 1. The van der Waals surface area contributed by atoms with Crippen molar-refractivity contribution >= 4 is 17.5 Å². The van der Waals surface area contributed by atoms with E-state index >= 15 is 0 Å². The lowest BCUT2D eigenvalue weighted by molar-refractivity contribution is -0.143. The number of carbonyl (C=O) groups excluding carboxylic acids is 1. The van der Waals surface area contributed by atoms with E-state index in [2.05, 4.69) is 5.32 Å². The quantitative estimate of drug-likeness (QED) is 0.911. The molecule has 1 N–H and O–H groups in total. The second kappa shape index (κ2) is 6.64. The van der Waals surface area contributed by atoms with Crippen molar-refractivity contribution in [3.8, 4) is 5.75 Å². The first-order valence-electron chi connectivity index (χ1n) is 7.25. The molecule has 0 aliphatic carbocycles. The van der Waals surface area contributed by atoms with E-state index in [1.807, 2.05) is 17.0 Å². The summed E-state index contributed by atoms with van der Waals surface area (Å²) in [5.74, 6) is 0.735. The summed E-state index contributed by atoms with van der Waals surface area (Å²) in [5.41, 5.74) is 0. The van der Waals surface area contributed by atoms with Gasteiger partial charge in [-0.05, 0) is 12.1 Å². The fourth-order valence-corrected chi connectivity index (χ4v) is 3.04. The van der Waals surface area contributed by atoms with Gasteiger partial charge in [0.2, 0.25) is 5.91 Å². The van der Waals surface area contributed by atoms with Gasteiger partial charge in [-0.3, -0.25) is 4.79 Å². The number of fused-ring (bicyclic) bond motifs is 1. The van der Waals surface area contributed by atoms with E-state index in [1.165, 1.54) is 0 Å². The van der Waals surface area contributed by atoms with Crippen LogP contribution in [-0.2, 0) is 9.53 Å². The van der Waals surface area contributed by atoms with E-state index in [0.29, 0.717) is 37.0 Å². The molecule has 6 heteroatoms. The summed E-state index contributed by atoms with van der Waals surface area (Å²) in [6.45, 7) is 3.24. The van der Waals surface area contributed by atoms with Gasteiger partial charge in [0, 0.05) is 19.6 Å². The number of nitrogens with zero attached hydrogens (tertiary/aromatic N) is 1. The highest BCUT2D eigenvalue weighted by atomic mass is 35.5. The molecule has 0 radical (unpaired) electrons. The maximum atomic E-state index is 12.3. The molecule has 0 bridgehead atoms. The first-order valence-corrected chi connectivity index (χ1v) is 7.62. The summed E-state index contributed by atoms with van der Waals surface area (Å²) in [4.78, 5) is 14.3. The highest BCUT2D eigenvalue weighted by Gasteiger charge is 2.38. The van der Waals surface area contributed by atoms with Gasteiger partial charge in [0.1, 0.15) is 5.75 Å². The Morgan fingerprint density at radius 1 is 1.43 bits per heavy atom. The van der Waals surface area contributed by atoms with E-state index in [0.717, 1.165) is 13.1 Å². The Labute approximate surface area is 129 Å². The molecule has 5 nitrogen and oxygen atoms in total. The third-order valence-electron chi connectivity index (χ3n) is 3.92.